The van der Waals surface area contributed by atoms with Gasteiger partial charge < -0.3 is 15.0 Å². The zero-order chi connectivity index (χ0) is 15.3. The Morgan fingerprint density at radius 1 is 1.20 bits per heavy atom. The first kappa shape index (κ1) is 16.9. The monoisotopic (exact) mass is 285 g/mol. The zero-order valence-electron chi connectivity index (χ0n) is 13.2. The Balaban J connectivity index is 2.44. The van der Waals surface area contributed by atoms with Crippen molar-refractivity contribution in [2.75, 3.05) is 39.9 Å². The molecule has 0 aliphatic carbocycles. The maximum atomic E-state index is 12.1. The summed E-state index contributed by atoms with van der Waals surface area (Å²) in [7, 11) is 1.52. The van der Waals surface area contributed by atoms with Crippen LogP contribution in [0.4, 0.5) is 0 Å². The molecule has 0 saturated carbocycles. The number of piperazine rings is 1. The largest absolute Gasteiger partial charge is 0.375 e. The smallest absolute Gasteiger partial charge is 0.248 e. The number of nitrogens with zero attached hydrogens (tertiary/aromatic N) is 2. The van der Waals surface area contributed by atoms with E-state index in [0.717, 1.165) is 0 Å². The van der Waals surface area contributed by atoms with E-state index in [-0.39, 0.29) is 30.0 Å². The highest BCUT2D eigenvalue weighted by molar-refractivity contribution is 5.82. The number of carbonyl (C=O) groups excluding carboxylic acids is 2. The molecule has 1 heterocycles. The minimum atomic E-state index is -0.221. The van der Waals surface area contributed by atoms with Gasteiger partial charge in [0.2, 0.25) is 11.8 Å². The minimum Gasteiger partial charge on any atom is -0.375 e. The summed E-state index contributed by atoms with van der Waals surface area (Å²) in [6, 6.07) is -0.172. The molecule has 0 aromatic rings. The number of amides is 2. The Morgan fingerprint density at radius 3 is 2.20 bits per heavy atom. The Kier molecular flexibility index (Phi) is 5.95. The molecular weight excluding hydrogens is 258 g/mol. The number of ether oxygens (including phenoxy) is 1. The average molecular weight is 285 g/mol. The first-order chi connectivity index (χ1) is 9.24. The molecule has 0 bridgehead atoms. The van der Waals surface area contributed by atoms with Crippen LogP contribution in [0.5, 0.6) is 0 Å². The Morgan fingerprint density at radius 2 is 1.75 bits per heavy atom. The molecule has 2 amide bonds. The molecule has 0 aromatic heterocycles. The topological polar surface area (TPSA) is 61.9 Å². The summed E-state index contributed by atoms with van der Waals surface area (Å²) in [5.74, 6) is 0.0492. The van der Waals surface area contributed by atoms with Gasteiger partial charge in [0.1, 0.15) is 6.61 Å². The first-order valence-electron chi connectivity index (χ1n) is 7.07. The van der Waals surface area contributed by atoms with Crippen molar-refractivity contribution in [3.05, 3.63) is 0 Å². The van der Waals surface area contributed by atoms with Crippen LogP contribution in [0.3, 0.4) is 0 Å². The molecule has 1 fully saturated rings. The third-order valence-corrected chi connectivity index (χ3v) is 3.36. The van der Waals surface area contributed by atoms with Crippen molar-refractivity contribution in [1.29, 1.82) is 0 Å². The molecule has 116 valence electrons. The summed E-state index contributed by atoms with van der Waals surface area (Å²) in [5.41, 5.74) is -0.221. The normalized spacial score (nSPS) is 18.8. The maximum absolute atomic E-state index is 12.1. The van der Waals surface area contributed by atoms with E-state index in [4.69, 9.17) is 4.74 Å². The van der Waals surface area contributed by atoms with Crippen molar-refractivity contribution in [3.63, 3.8) is 0 Å². The van der Waals surface area contributed by atoms with E-state index in [0.29, 0.717) is 26.2 Å². The first-order valence-corrected chi connectivity index (χ1v) is 7.07. The molecule has 20 heavy (non-hydrogen) atoms. The molecule has 1 aliphatic heterocycles. The number of carbonyl (C=O) groups is 2. The molecule has 0 radical (unpaired) electrons. The predicted molar refractivity (Wildman–Crippen MR) is 77.4 cm³/mol. The van der Waals surface area contributed by atoms with Gasteiger partial charge in [0.05, 0.1) is 6.04 Å². The summed E-state index contributed by atoms with van der Waals surface area (Å²) in [6.45, 7) is 10.7. The Bertz CT molecular complexity index is 344. The van der Waals surface area contributed by atoms with Gasteiger partial charge in [0.15, 0.2) is 0 Å². The number of hydrogen-bond donors (Lipinski definition) is 1. The fourth-order valence-electron chi connectivity index (χ4n) is 2.21. The number of nitrogens with one attached hydrogen (secondary N) is 1. The van der Waals surface area contributed by atoms with Crippen LogP contribution >= 0.6 is 0 Å². The second kappa shape index (κ2) is 7.04. The summed E-state index contributed by atoms with van der Waals surface area (Å²) in [4.78, 5) is 27.7. The van der Waals surface area contributed by atoms with E-state index in [1.54, 1.807) is 4.90 Å². The highest BCUT2D eigenvalue weighted by atomic mass is 16.5. The quantitative estimate of drug-likeness (QED) is 0.794. The van der Waals surface area contributed by atoms with Crippen LogP contribution in [0, 0.1) is 0 Å². The van der Waals surface area contributed by atoms with Crippen molar-refractivity contribution < 1.29 is 14.3 Å². The van der Waals surface area contributed by atoms with E-state index in [1.165, 1.54) is 7.11 Å². The van der Waals surface area contributed by atoms with Gasteiger partial charge in [0, 0.05) is 38.8 Å². The third kappa shape index (κ3) is 5.09. The maximum Gasteiger partial charge on any atom is 0.248 e. The van der Waals surface area contributed by atoms with E-state index >= 15 is 0 Å². The fraction of sp³-hybridized carbons (Fsp3) is 0.857. The minimum absolute atomic E-state index is 0.0129. The van der Waals surface area contributed by atoms with Gasteiger partial charge >= 0.3 is 0 Å². The molecule has 0 aromatic carbocycles. The van der Waals surface area contributed by atoms with Gasteiger partial charge in [-0.25, -0.2) is 0 Å². The third-order valence-electron chi connectivity index (χ3n) is 3.36. The Labute approximate surface area is 121 Å². The molecule has 0 spiro atoms. The molecule has 6 nitrogen and oxygen atoms in total. The van der Waals surface area contributed by atoms with E-state index < -0.39 is 0 Å². The lowest BCUT2D eigenvalue weighted by Gasteiger charge is -2.38. The second-order valence-corrected chi connectivity index (χ2v) is 6.26. The predicted octanol–water partition coefficient (Wildman–Crippen LogP) is 0.0802. The molecule has 1 aliphatic rings. The van der Waals surface area contributed by atoms with Gasteiger partial charge in [-0.2, -0.15) is 0 Å². The molecule has 1 saturated heterocycles. The molecule has 6 heteroatoms. The molecule has 1 rings (SSSR count). The van der Waals surface area contributed by atoms with Crippen LogP contribution < -0.4 is 5.32 Å². The Hall–Kier alpha value is -1.14. The number of hydrogen-bond acceptors (Lipinski definition) is 4. The lowest BCUT2D eigenvalue weighted by molar-refractivity contribution is -0.137. The second-order valence-electron chi connectivity index (χ2n) is 6.26. The summed E-state index contributed by atoms with van der Waals surface area (Å²) < 4.78 is 4.86. The number of methoxy groups -OCH3 is 1. The van der Waals surface area contributed by atoms with Crippen LogP contribution in [0.25, 0.3) is 0 Å². The highest BCUT2D eigenvalue weighted by Crippen LogP contribution is 2.09. The molecule has 0 unspecified atom stereocenters. The van der Waals surface area contributed by atoms with Crippen molar-refractivity contribution in [1.82, 2.24) is 15.1 Å². The summed E-state index contributed by atoms with van der Waals surface area (Å²) in [6.07, 6.45) is 0. The van der Waals surface area contributed by atoms with Crippen molar-refractivity contribution in [2.24, 2.45) is 0 Å². The van der Waals surface area contributed by atoms with Crippen molar-refractivity contribution in [2.45, 2.75) is 39.3 Å². The standard InChI is InChI=1S/C14H27N3O3/c1-11(13(19)15-14(2,3)4)16-6-8-17(9-7-16)12(18)10-20-5/h11H,6-10H2,1-5H3,(H,15,19)/t11-/m0/s1. The zero-order valence-corrected chi connectivity index (χ0v) is 13.2. The van der Waals surface area contributed by atoms with Crippen LogP contribution in [-0.2, 0) is 14.3 Å². The van der Waals surface area contributed by atoms with Crippen LogP contribution in [0.15, 0.2) is 0 Å². The van der Waals surface area contributed by atoms with Crippen molar-refractivity contribution >= 4 is 11.8 Å². The fourth-order valence-corrected chi connectivity index (χ4v) is 2.21. The number of rotatable bonds is 4. The van der Waals surface area contributed by atoms with E-state index in [1.807, 2.05) is 27.7 Å². The van der Waals surface area contributed by atoms with Gasteiger partial charge in [0.25, 0.3) is 0 Å². The van der Waals surface area contributed by atoms with Gasteiger partial charge in [-0.3, -0.25) is 14.5 Å². The molecule has 1 N–H and O–H groups in total. The van der Waals surface area contributed by atoms with Gasteiger partial charge in [-0.1, -0.05) is 0 Å². The van der Waals surface area contributed by atoms with E-state index in [9.17, 15) is 9.59 Å². The van der Waals surface area contributed by atoms with Crippen LogP contribution in [-0.4, -0.2) is 73.1 Å². The van der Waals surface area contributed by atoms with E-state index in [2.05, 4.69) is 10.2 Å². The van der Waals surface area contributed by atoms with Gasteiger partial charge in [-0.05, 0) is 27.7 Å². The van der Waals surface area contributed by atoms with Crippen LogP contribution in [0.1, 0.15) is 27.7 Å². The summed E-state index contributed by atoms with van der Waals surface area (Å²) >= 11 is 0. The molecular formula is C14H27N3O3. The van der Waals surface area contributed by atoms with Gasteiger partial charge in [-0.15, -0.1) is 0 Å². The SMILES string of the molecule is COCC(=O)N1CCN([C@@H](C)C(=O)NC(C)(C)C)CC1. The molecule has 1 atom stereocenters. The van der Waals surface area contributed by atoms with Crippen LogP contribution in [0.2, 0.25) is 0 Å². The highest BCUT2D eigenvalue weighted by Gasteiger charge is 2.28. The average Bonchev–Trinajstić information content (AvgIpc) is 2.36. The van der Waals surface area contributed by atoms with Crippen molar-refractivity contribution in [3.8, 4) is 0 Å². The lowest BCUT2D eigenvalue weighted by Crippen LogP contribution is -2.57. The summed E-state index contributed by atoms with van der Waals surface area (Å²) in [5, 5.41) is 2.99. The lowest BCUT2D eigenvalue weighted by atomic mass is 10.1.